The minimum absolute atomic E-state index is 0.262. The number of anilines is 1. The summed E-state index contributed by atoms with van der Waals surface area (Å²) in [4.78, 5) is 13.3. The Balaban J connectivity index is 2.93. The second kappa shape index (κ2) is 6.61. The van der Waals surface area contributed by atoms with E-state index >= 15 is 0 Å². The number of rotatable bonds is 3. The smallest absolute Gasteiger partial charge is 0.414 e. The molecule has 20 heavy (non-hydrogen) atoms. The van der Waals surface area contributed by atoms with Gasteiger partial charge in [0.25, 0.3) is 0 Å². The van der Waals surface area contributed by atoms with Crippen molar-refractivity contribution in [2.75, 3.05) is 11.5 Å². The zero-order chi connectivity index (χ0) is 15.5. The quantitative estimate of drug-likeness (QED) is 0.647. The van der Waals surface area contributed by atoms with Crippen molar-refractivity contribution in [2.45, 2.75) is 23.7 Å². The maximum atomic E-state index is 12.0. The van der Waals surface area contributed by atoms with Crippen LogP contribution in [-0.4, -0.2) is 32.7 Å². The van der Waals surface area contributed by atoms with Crippen LogP contribution < -0.4 is 4.90 Å². The lowest BCUT2D eigenvalue weighted by molar-refractivity contribution is 0.154. The van der Waals surface area contributed by atoms with Crippen molar-refractivity contribution in [3.63, 3.8) is 0 Å². The predicted molar refractivity (Wildman–Crippen MR) is 79.0 cm³/mol. The zero-order valence-electron chi connectivity index (χ0n) is 10.8. The van der Waals surface area contributed by atoms with Crippen LogP contribution in [0.1, 0.15) is 13.8 Å². The van der Waals surface area contributed by atoms with Gasteiger partial charge in [0.1, 0.15) is 6.61 Å². The number of phenolic OH excluding ortho intramolecular Hbond substituents is 2. The van der Waals surface area contributed by atoms with Gasteiger partial charge in [-0.1, -0.05) is 34.8 Å². The molecule has 1 rings (SSSR count). The van der Waals surface area contributed by atoms with E-state index in [0.717, 1.165) is 0 Å². The van der Waals surface area contributed by atoms with E-state index in [1.54, 1.807) is 13.8 Å². The Morgan fingerprint density at radius 3 is 2.35 bits per heavy atom. The molecule has 2 N–H and O–H groups in total. The first-order valence-electron chi connectivity index (χ1n) is 5.66. The highest BCUT2D eigenvalue weighted by Gasteiger charge is 2.26. The summed E-state index contributed by atoms with van der Waals surface area (Å²) in [5.41, 5.74) is 0.351. The Morgan fingerprint density at radius 1 is 1.30 bits per heavy atom. The molecule has 8 heteroatoms. The average Bonchev–Trinajstić information content (AvgIpc) is 2.30. The van der Waals surface area contributed by atoms with E-state index < -0.39 is 16.5 Å². The van der Waals surface area contributed by atoms with E-state index in [-0.39, 0.29) is 17.5 Å². The fraction of sp³-hybridized carbons (Fsp3) is 0.417. The van der Waals surface area contributed by atoms with E-state index in [0.29, 0.717) is 5.69 Å². The largest absolute Gasteiger partial charge is 0.504 e. The van der Waals surface area contributed by atoms with E-state index in [4.69, 9.17) is 39.5 Å². The molecule has 0 spiro atoms. The molecule has 0 aliphatic heterocycles. The van der Waals surface area contributed by atoms with E-state index in [1.807, 2.05) is 0 Å². The van der Waals surface area contributed by atoms with Crippen molar-refractivity contribution < 1.29 is 19.7 Å². The molecule has 1 amide bonds. The van der Waals surface area contributed by atoms with Crippen LogP contribution in [0.25, 0.3) is 0 Å². The number of halogens is 3. The summed E-state index contributed by atoms with van der Waals surface area (Å²) in [7, 11) is 0. The third-order valence-corrected chi connectivity index (χ3v) is 2.64. The van der Waals surface area contributed by atoms with Crippen LogP contribution >= 0.6 is 34.8 Å². The molecule has 112 valence electrons. The van der Waals surface area contributed by atoms with Gasteiger partial charge >= 0.3 is 6.09 Å². The van der Waals surface area contributed by atoms with Gasteiger partial charge in [-0.15, -0.1) is 0 Å². The number of amides is 1. The summed E-state index contributed by atoms with van der Waals surface area (Å²) in [5, 5.41) is 18.8. The molecule has 0 aromatic heterocycles. The standard InChI is InChI=1S/C12H14Cl3NO4/c1-7(2)16(11(19)20-6-12(13,14)15)8-3-4-9(17)10(18)5-8/h3-5,7,17-18H,6H2,1-2H3. The summed E-state index contributed by atoms with van der Waals surface area (Å²) < 4.78 is 3.20. The van der Waals surface area contributed by atoms with Crippen LogP contribution in [0.15, 0.2) is 18.2 Å². The van der Waals surface area contributed by atoms with E-state index in [2.05, 4.69) is 0 Å². The van der Waals surface area contributed by atoms with Gasteiger partial charge in [0.05, 0.1) is 5.69 Å². The van der Waals surface area contributed by atoms with Crippen molar-refractivity contribution in [2.24, 2.45) is 0 Å². The summed E-state index contributed by atoms with van der Waals surface area (Å²) >= 11 is 16.5. The van der Waals surface area contributed by atoms with Gasteiger partial charge in [0, 0.05) is 12.1 Å². The molecule has 0 bridgehead atoms. The maximum absolute atomic E-state index is 12.0. The van der Waals surface area contributed by atoms with Gasteiger partial charge in [-0.05, 0) is 26.0 Å². The summed E-state index contributed by atoms with van der Waals surface area (Å²) in [6, 6.07) is 3.71. The van der Waals surface area contributed by atoms with Gasteiger partial charge in [-0.2, -0.15) is 0 Å². The Kier molecular flexibility index (Phi) is 5.62. The second-order valence-corrected chi connectivity index (χ2v) is 6.82. The molecule has 0 saturated heterocycles. The lowest BCUT2D eigenvalue weighted by Crippen LogP contribution is -2.38. The fourth-order valence-electron chi connectivity index (χ4n) is 1.49. The van der Waals surface area contributed by atoms with Crippen LogP contribution in [0.5, 0.6) is 11.5 Å². The van der Waals surface area contributed by atoms with Gasteiger partial charge in [-0.3, -0.25) is 4.90 Å². The van der Waals surface area contributed by atoms with Crippen LogP contribution in [0.2, 0.25) is 0 Å². The summed E-state index contributed by atoms with van der Waals surface area (Å²) in [5.74, 6) is -0.630. The first-order chi connectivity index (χ1) is 9.11. The van der Waals surface area contributed by atoms with Crippen molar-refractivity contribution in [1.82, 2.24) is 0 Å². The monoisotopic (exact) mass is 341 g/mol. The molecular weight excluding hydrogens is 328 g/mol. The first-order valence-corrected chi connectivity index (χ1v) is 6.80. The van der Waals surface area contributed by atoms with Crippen LogP contribution in [-0.2, 0) is 4.74 Å². The van der Waals surface area contributed by atoms with Crippen LogP contribution in [0, 0.1) is 0 Å². The summed E-state index contributed by atoms with van der Waals surface area (Å²) in [6.45, 7) is 3.10. The number of phenols is 2. The third kappa shape index (κ3) is 4.81. The van der Waals surface area contributed by atoms with E-state index in [9.17, 15) is 15.0 Å². The number of aromatic hydroxyl groups is 2. The topological polar surface area (TPSA) is 70.0 Å². The molecule has 1 aromatic carbocycles. The molecule has 1 aromatic rings. The Hall–Kier alpha value is -1.04. The van der Waals surface area contributed by atoms with Gasteiger partial charge in [0.15, 0.2) is 11.5 Å². The normalized spacial score (nSPS) is 11.5. The van der Waals surface area contributed by atoms with Crippen molar-refractivity contribution in [1.29, 1.82) is 0 Å². The SMILES string of the molecule is CC(C)N(C(=O)OCC(Cl)(Cl)Cl)c1ccc(O)c(O)c1. The molecule has 0 radical (unpaired) electrons. The average molecular weight is 343 g/mol. The highest BCUT2D eigenvalue weighted by molar-refractivity contribution is 6.67. The van der Waals surface area contributed by atoms with Gasteiger partial charge in [0.2, 0.25) is 3.79 Å². The molecule has 0 aliphatic carbocycles. The molecule has 0 aliphatic rings. The highest BCUT2D eigenvalue weighted by Crippen LogP contribution is 2.31. The molecule has 0 heterocycles. The molecule has 0 unspecified atom stereocenters. The second-order valence-electron chi connectivity index (χ2n) is 4.31. The fourth-order valence-corrected chi connectivity index (χ4v) is 1.65. The number of nitrogens with zero attached hydrogens (tertiary/aromatic N) is 1. The van der Waals surface area contributed by atoms with Crippen molar-refractivity contribution in [3.05, 3.63) is 18.2 Å². The van der Waals surface area contributed by atoms with E-state index in [1.165, 1.54) is 23.1 Å². The Labute approximate surface area is 131 Å². The molecule has 5 nitrogen and oxygen atoms in total. The van der Waals surface area contributed by atoms with Crippen molar-refractivity contribution >= 4 is 46.6 Å². The lowest BCUT2D eigenvalue weighted by atomic mass is 10.2. The van der Waals surface area contributed by atoms with Gasteiger partial charge in [-0.25, -0.2) is 4.79 Å². The molecule has 0 saturated carbocycles. The Morgan fingerprint density at radius 2 is 1.90 bits per heavy atom. The first kappa shape index (κ1) is 17.0. The number of ether oxygens (including phenoxy) is 1. The number of carbonyl (C=O) groups excluding carboxylic acids is 1. The number of hydrogen-bond donors (Lipinski definition) is 2. The highest BCUT2D eigenvalue weighted by atomic mass is 35.6. The van der Waals surface area contributed by atoms with Crippen LogP contribution in [0.4, 0.5) is 10.5 Å². The van der Waals surface area contributed by atoms with Crippen LogP contribution in [0.3, 0.4) is 0 Å². The number of benzene rings is 1. The third-order valence-electron chi connectivity index (χ3n) is 2.31. The molecule has 0 atom stereocenters. The number of hydrogen-bond acceptors (Lipinski definition) is 4. The zero-order valence-corrected chi connectivity index (χ0v) is 13.1. The minimum atomic E-state index is -1.70. The summed E-state index contributed by atoms with van der Waals surface area (Å²) in [6.07, 6.45) is -0.726. The molecule has 0 fully saturated rings. The maximum Gasteiger partial charge on any atom is 0.414 e. The van der Waals surface area contributed by atoms with Crippen molar-refractivity contribution in [3.8, 4) is 11.5 Å². The number of alkyl halides is 3. The lowest BCUT2D eigenvalue weighted by Gasteiger charge is -2.27. The Bertz CT molecular complexity index is 488. The predicted octanol–water partition coefficient (Wildman–Crippen LogP) is 3.82. The van der Waals surface area contributed by atoms with Gasteiger partial charge < -0.3 is 14.9 Å². The number of carbonyl (C=O) groups is 1. The minimum Gasteiger partial charge on any atom is -0.504 e. The molecular formula is C12H14Cl3NO4.